The highest BCUT2D eigenvalue weighted by Crippen LogP contribution is 2.45. The van der Waals surface area contributed by atoms with Gasteiger partial charge >= 0.3 is 11.9 Å². The first-order valence-corrected chi connectivity index (χ1v) is 6.85. The summed E-state index contributed by atoms with van der Waals surface area (Å²) in [4.78, 5) is 21.8. The van der Waals surface area contributed by atoms with E-state index in [0.29, 0.717) is 18.4 Å². The summed E-state index contributed by atoms with van der Waals surface area (Å²) >= 11 is 0. The van der Waals surface area contributed by atoms with Crippen molar-refractivity contribution in [2.75, 3.05) is 6.61 Å². The zero-order chi connectivity index (χ0) is 16.5. The number of carbonyl (C=O) groups excluding carboxylic acids is 1. The van der Waals surface area contributed by atoms with Crippen LogP contribution in [0.3, 0.4) is 0 Å². The van der Waals surface area contributed by atoms with E-state index in [1.807, 2.05) is 0 Å². The van der Waals surface area contributed by atoms with E-state index in [1.165, 1.54) is 19.1 Å². The van der Waals surface area contributed by atoms with Crippen molar-refractivity contribution in [2.45, 2.75) is 37.6 Å². The predicted molar refractivity (Wildman–Crippen MR) is 73.5 cm³/mol. The molecule has 0 aliphatic heterocycles. The quantitative estimate of drug-likeness (QED) is 0.522. The summed E-state index contributed by atoms with van der Waals surface area (Å²) in [5, 5.41) is 10.9. The number of rotatable bonds is 4. The van der Waals surface area contributed by atoms with E-state index < -0.39 is 22.4 Å². The van der Waals surface area contributed by atoms with Crippen molar-refractivity contribution in [1.29, 1.82) is 0 Å². The lowest BCUT2D eigenvalue weighted by atomic mass is 9.73. The summed E-state index contributed by atoms with van der Waals surface area (Å²) in [5.41, 5.74) is 3.66. The monoisotopic (exact) mass is 314 g/mol. The molecule has 0 spiro atoms. The average Bonchev–Trinajstić information content (AvgIpc) is 2.47. The third kappa shape index (κ3) is 2.43. The van der Waals surface area contributed by atoms with Gasteiger partial charge in [0.15, 0.2) is 0 Å². The van der Waals surface area contributed by atoms with Gasteiger partial charge in [-0.3, -0.25) is 10.1 Å². The van der Waals surface area contributed by atoms with Crippen molar-refractivity contribution in [3.8, 4) is 0 Å². The molecule has 8 heteroatoms. The van der Waals surface area contributed by atoms with Crippen LogP contribution in [-0.2, 0) is 21.5 Å². The van der Waals surface area contributed by atoms with E-state index in [0.717, 1.165) is 6.07 Å². The van der Waals surface area contributed by atoms with Gasteiger partial charge < -0.3 is 10.5 Å². The Hall–Kier alpha value is -2.09. The van der Waals surface area contributed by atoms with Gasteiger partial charge in [0.1, 0.15) is 5.54 Å². The van der Waals surface area contributed by atoms with Crippen molar-refractivity contribution in [1.82, 2.24) is 0 Å². The van der Waals surface area contributed by atoms with E-state index >= 15 is 0 Å². The van der Waals surface area contributed by atoms with E-state index in [-0.39, 0.29) is 24.3 Å². The molecule has 1 aliphatic carbocycles. The maximum Gasteiger partial charge on any atom is 0.379 e. The van der Waals surface area contributed by atoms with E-state index in [2.05, 4.69) is 4.74 Å². The second-order valence-corrected chi connectivity index (χ2v) is 5.22. The Bertz CT molecular complexity index is 621. The fourth-order valence-corrected chi connectivity index (χ4v) is 2.73. The second-order valence-electron chi connectivity index (χ2n) is 5.22. The number of benzene rings is 1. The number of hydrogen-bond donors (Lipinski definition) is 1. The molecule has 0 fully saturated rings. The van der Waals surface area contributed by atoms with Crippen LogP contribution < -0.4 is 5.73 Å². The van der Waals surface area contributed by atoms with Crippen LogP contribution in [0.25, 0.3) is 0 Å². The topological polar surface area (TPSA) is 95.5 Å². The smallest absolute Gasteiger partial charge is 0.379 e. The predicted octanol–water partition coefficient (Wildman–Crippen LogP) is 2.28. The molecule has 0 bridgehead atoms. The molecule has 1 aliphatic rings. The van der Waals surface area contributed by atoms with Gasteiger partial charge in [-0.15, -0.1) is 0 Å². The lowest BCUT2D eigenvalue weighted by Crippen LogP contribution is -2.59. The molecular weight excluding hydrogens is 298 g/mol. The van der Waals surface area contributed by atoms with E-state index in [1.54, 1.807) is 0 Å². The first kappa shape index (κ1) is 16.3. The van der Waals surface area contributed by atoms with Crippen LogP contribution in [0.2, 0.25) is 0 Å². The molecule has 1 aromatic carbocycles. The number of aryl methyl sites for hydroxylation is 1. The normalized spacial score (nSPS) is 21.1. The highest BCUT2D eigenvalue weighted by molar-refractivity contribution is 5.80. The number of hydrogen-bond acceptors (Lipinski definition) is 5. The number of nitrogens with two attached hydrogens (primary N) is 1. The average molecular weight is 314 g/mol. The summed E-state index contributed by atoms with van der Waals surface area (Å²) in [6, 6.07) is 3.68. The Kier molecular flexibility index (Phi) is 4.15. The molecule has 1 aromatic rings. The molecule has 0 radical (unpaired) electrons. The van der Waals surface area contributed by atoms with Crippen molar-refractivity contribution in [2.24, 2.45) is 5.73 Å². The van der Waals surface area contributed by atoms with E-state index in [9.17, 15) is 23.7 Å². The minimum absolute atomic E-state index is 0.0639. The van der Waals surface area contributed by atoms with Crippen molar-refractivity contribution in [3.63, 3.8) is 0 Å². The number of esters is 1. The number of fused-ring (bicyclic) bond motifs is 1. The van der Waals surface area contributed by atoms with Crippen molar-refractivity contribution < 1.29 is 23.2 Å². The summed E-state index contributed by atoms with van der Waals surface area (Å²) in [5.74, 6) is -5.68. The number of nitro groups is 1. The van der Waals surface area contributed by atoms with Crippen LogP contribution in [-0.4, -0.2) is 23.4 Å². The summed E-state index contributed by atoms with van der Waals surface area (Å²) in [7, 11) is 0. The van der Waals surface area contributed by atoms with Crippen LogP contribution in [0.5, 0.6) is 0 Å². The van der Waals surface area contributed by atoms with Crippen LogP contribution >= 0.6 is 0 Å². The zero-order valence-electron chi connectivity index (χ0n) is 12.0. The Labute approximate surface area is 125 Å². The summed E-state index contributed by atoms with van der Waals surface area (Å²) in [6.07, 6.45) is 0.675. The first-order chi connectivity index (χ1) is 10.2. The van der Waals surface area contributed by atoms with Crippen molar-refractivity contribution in [3.05, 3.63) is 39.4 Å². The molecule has 0 amide bonds. The molecule has 2 rings (SSSR count). The fraction of sp³-hybridized carbons (Fsp3) is 0.500. The highest BCUT2D eigenvalue weighted by Gasteiger charge is 2.60. The van der Waals surface area contributed by atoms with Gasteiger partial charge in [0, 0.05) is 12.1 Å². The molecule has 0 heterocycles. The molecule has 1 atom stereocenters. The van der Waals surface area contributed by atoms with Crippen LogP contribution in [0.1, 0.15) is 30.9 Å². The Morgan fingerprint density at radius 2 is 2.23 bits per heavy atom. The van der Waals surface area contributed by atoms with Gasteiger partial charge in [-0.25, -0.2) is 4.79 Å². The number of non-ortho nitro benzene ring substituents is 1. The third-order valence-electron chi connectivity index (χ3n) is 3.89. The Morgan fingerprint density at radius 1 is 1.55 bits per heavy atom. The minimum atomic E-state index is -3.96. The SMILES string of the molecule is CCOC(=O)C(F)(F)[C@@]1(N)CCCc2ccc([N+](=O)[O-])cc21. The maximum atomic E-state index is 14.5. The zero-order valence-corrected chi connectivity index (χ0v) is 12.0. The molecule has 0 unspecified atom stereocenters. The molecular formula is C14H16F2N2O4. The number of nitrogens with zero attached hydrogens (tertiary/aromatic N) is 1. The van der Waals surface area contributed by atoms with Crippen LogP contribution in [0.4, 0.5) is 14.5 Å². The highest BCUT2D eigenvalue weighted by atomic mass is 19.3. The maximum absolute atomic E-state index is 14.5. The van der Waals surface area contributed by atoms with Gasteiger partial charge in [0.25, 0.3) is 5.69 Å². The molecule has 22 heavy (non-hydrogen) atoms. The molecule has 0 saturated heterocycles. The Morgan fingerprint density at radius 3 is 2.82 bits per heavy atom. The minimum Gasteiger partial charge on any atom is -0.461 e. The standard InChI is InChI=1S/C14H16F2N2O4/c1-2-22-12(19)14(15,16)13(17)7-3-4-9-5-6-10(18(20)21)8-11(9)13/h5-6,8H,2-4,7,17H2,1H3/t13-/m1/s1. The lowest BCUT2D eigenvalue weighted by molar-refractivity contribution is -0.385. The summed E-state index contributed by atoms with van der Waals surface area (Å²) in [6.45, 7) is 1.21. The van der Waals surface area contributed by atoms with Gasteiger partial charge in [-0.05, 0) is 37.3 Å². The largest absolute Gasteiger partial charge is 0.461 e. The molecule has 120 valence electrons. The molecule has 0 saturated carbocycles. The van der Waals surface area contributed by atoms with Gasteiger partial charge in [0.05, 0.1) is 11.5 Å². The van der Waals surface area contributed by atoms with Crippen LogP contribution in [0.15, 0.2) is 18.2 Å². The Balaban J connectivity index is 2.56. The summed E-state index contributed by atoms with van der Waals surface area (Å²) < 4.78 is 33.4. The first-order valence-electron chi connectivity index (χ1n) is 6.85. The third-order valence-corrected chi connectivity index (χ3v) is 3.89. The second kappa shape index (κ2) is 5.60. The number of ether oxygens (including phenoxy) is 1. The van der Waals surface area contributed by atoms with Gasteiger partial charge in [0.2, 0.25) is 0 Å². The molecule has 0 aromatic heterocycles. The van der Waals surface area contributed by atoms with Crippen LogP contribution in [0, 0.1) is 10.1 Å². The van der Waals surface area contributed by atoms with Gasteiger partial charge in [-0.1, -0.05) is 6.07 Å². The number of alkyl halides is 2. The van der Waals surface area contributed by atoms with E-state index in [4.69, 9.17) is 5.73 Å². The number of carbonyl (C=O) groups is 1. The number of nitro benzene ring substituents is 1. The molecule has 2 N–H and O–H groups in total. The fourth-order valence-electron chi connectivity index (χ4n) is 2.73. The van der Waals surface area contributed by atoms with Gasteiger partial charge in [-0.2, -0.15) is 8.78 Å². The number of halogens is 2. The van der Waals surface area contributed by atoms with Crippen molar-refractivity contribution >= 4 is 11.7 Å². The molecule has 6 nitrogen and oxygen atoms in total. The lowest BCUT2D eigenvalue weighted by Gasteiger charge is -2.39.